The molecule has 1 aromatic rings. The Hall–Kier alpha value is -1.78. The molecule has 2 rings (SSSR count). The fourth-order valence-electron chi connectivity index (χ4n) is 2.72. The summed E-state index contributed by atoms with van der Waals surface area (Å²) in [7, 11) is 0. The zero-order valence-corrected chi connectivity index (χ0v) is 13.7. The third-order valence-electron chi connectivity index (χ3n) is 3.67. The summed E-state index contributed by atoms with van der Waals surface area (Å²) in [5.74, 6) is 0.344. The van der Waals surface area contributed by atoms with E-state index in [1.165, 1.54) is 18.6 Å². The van der Waals surface area contributed by atoms with E-state index >= 15 is 0 Å². The molecule has 122 valence electrons. The van der Waals surface area contributed by atoms with E-state index in [0.29, 0.717) is 23.3 Å². The molecule has 4 nitrogen and oxygen atoms in total. The molecule has 1 saturated carbocycles. The Morgan fingerprint density at radius 1 is 1.27 bits per heavy atom. The summed E-state index contributed by atoms with van der Waals surface area (Å²) >= 11 is 0. The molecule has 22 heavy (non-hydrogen) atoms. The minimum atomic E-state index is -0.571. The second-order valence-corrected chi connectivity index (χ2v) is 7.08. The number of benzene rings is 1. The van der Waals surface area contributed by atoms with Gasteiger partial charge in [-0.2, -0.15) is 0 Å². The van der Waals surface area contributed by atoms with Gasteiger partial charge in [-0.1, -0.05) is 6.92 Å². The number of amides is 1. The average Bonchev–Trinajstić information content (AvgIpc) is 2.76. The summed E-state index contributed by atoms with van der Waals surface area (Å²) in [4.78, 5) is 11.9. The largest absolute Gasteiger partial charge is 0.444 e. The van der Waals surface area contributed by atoms with Crippen LogP contribution in [0.2, 0.25) is 0 Å². The van der Waals surface area contributed by atoms with Gasteiger partial charge in [-0.15, -0.1) is 0 Å². The molecule has 2 atom stereocenters. The van der Waals surface area contributed by atoms with Crippen LogP contribution in [-0.2, 0) is 4.74 Å². The number of hydrogen-bond donors (Lipinski definition) is 2. The van der Waals surface area contributed by atoms with Gasteiger partial charge in [-0.3, -0.25) is 5.32 Å². The van der Waals surface area contributed by atoms with E-state index in [9.17, 15) is 9.18 Å². The second kappa shape index (κ2) is 6.55. The molecule has 1 aliphatic carbocycles. The first-order valence-corrected chi connectivity index (χ1v) is 7.79. The molecule has 2 unspecified atom stereocenters. The van der Waals surface area contributed by atoms with Gasteiger partial charge in [0.05, 0.1) is 11.4 Å². The smallest absolute Gasteiger partial charge is 0.412 e. The Bertz CT molecular complexity index is 540. The van der Waals surface area contributed by atoms with Gasteiger partial charge in [0.25, 0.3) is 0 Å². The molecule has 0 bridgehead atoms. The summed E-state index contributed by atoms with van der Waals surface area (Å²) in [6.45, 7) is 7.62. The van der Waals surface area contributed by atoms with Crippen molar-refractivity contribution >= 4 is 17.5 Å². The number of carbonyl (C=O) groups excluding carboxylic acids is 1. The van der Waals surface area contributed by atoms with Crippen LogP contribution in [0.3, 0.4) is 0 Å². The summed E-state index contributed by atoms with van der Waals surface area (Å²) in [5, 5.41) is 6.03. The number of carbonyl (C=O) groups is 1. The summed E-state index contributed by atoms with van der Waals surface area (Å²) in [6.07, 6.45) is 2.75. The maximum Gasteiger partial charge on any atom is 0.412 e. The van der Waals surface area contributed by atoms with Crippen LogP contribution in [0.25, 0.3) is 0 Å². The molecule has 1 fully saturated rings. The Morgan fingerprint density at radius 3 is 2.59 bits per heavy atom. The van der Waals surface area contributed by atoms with Gasteiger partial charge in [0.15, 0.2) is 0 Å². The molecule has 0 saturated heterocycles. The minimum Gasteiger partial charge on any atom is -0.444 e. The van der Waals surface area contributed by atoms with Gasteiger partial charge in [0, 0.05) is 6.04 Å². The lowest BCUT2D eigenvalue weighted by molar-refractivity contribution is 0.0636. The number of hydrogen-bond acceptors (Lipinski definition) is 3. The predicted octanol–water partition coefficient (Wildman–Crippen LogP) is 4.77. The van der Waals surface area contributed by atoms with Gasteiger partial charge in [0.2, 0.25) is 0 Å². The predicted molar refractivity (Wildman–Crippen MR) is 86.7 cm³/mol. The fourth-order valence-corrected chi connectivity index (χ4v) is 2.72. The molecular weight excluding hydrogens is 283 g/mol. The highest BCUT2D eigenvalue weighted by Gasteiger charge is 2.23. The van der Waals surface area contributed by atoms with Crippen LogP contribution in [-0.4, -0.2) is 17.7 Å². The highest BCUT2D eigenvalue weighted by atomic mass is 19.1. The number of nitrogens with one attached hydrogen (secondary N) is 2. The van der Waals surface area contributed by atoms with Crippen molar-refractivity contribution in [3.8, 4) is 0 Å². The molecule has 2 N–H and O–H groups in total. The molecule has 0 radical (unpaired) electrons. The lowest BCUT2D eigenvalue weighted by atomic mass is 10.1. The van der Waals surface area contributed by atoms with E-state index in [1.807, 2.05) is 0 Å². The Balaban J connectivity index is 2.08. The SMILES string of the molecule is CC1CCC(Nc2cc(F)ccc2NC(=O)OC(C)(C)C)C1. The van der Waals surface area contributed by atoms with Crippen LogP contribution in [0.5, 0.6) is 0 Å². The molecule has 5 heteroatoms. The first-order chi connectivity index (χ1) is 10.2. The second-order valence-electron chi connectivity index (χ2n) is 7.08. The van der Waals surface area contributed by atoms with Crippen molar-refractivity contribution in [3.05, 3.63) is 24.0 Å². The zero-order valence-electron chi connectivity index (χ0n) is 13.7. The van der Waals surface area contributed by atoms with Crippen LogP contribution < -0.4 is 10.6 Å². The van der Waals surface area contributed by atoms with E-state index in [2.05, 4.69) is 17.6 Å². The van der Waals surface area contributed by atoms with Crippen LogP contribution in [0.1, 0.15) is 47.0 Å². The lowest BCUT2D eigenvalue weighted by Gasteiger charge is -2.22. The standard InChI is InChI=1S/C17H25FN2O2/c1-11-5-7-13(9-11)19-15-10-12(18)6-8-14(15)20-16(21)22-17(2,3)4/h6,8,10-11,13,19H,5,7,9H2,1-4H3,(H,20,21). The van der Waals surface area contributed by atoms with E-state index in [-0.39, 0.29) is 5.82 Å². The zero-order chi connectivity index (χ0) is 16.3. The van der Waals surface area contributed by atoms with Crippen LogP contribution in [0.4, 0.5) is 20.6 Å². The van der Waals surface area contributed by atoms with Crippen LogP contribution in [0.15, 0.2) is 18.2 Å². The first kappa shape index (κ1) is 16.6. The normalized spacial score (nSPS) is 21.5. The maximum absolute atomic E-state index is 13.5. The Morgan fingerprint density at radius 2 is 2.00 bits per heavy atom. The van der Waals surface area contributed by atoms with Crippen molar-refractivity contribution in [2.24, 2.45) is 5.92 Å². The molecule has 1 aromatic carbocycles. The molecular formula is C17H25FN2O2. The number of halogens is 1. The van der Waals surface area contributed by atoms with Crippen molar-refractivity contribution in [1.29, 1.82) is 0 Å². The van der Waals surface area contributed by atoms with E-state index in [0.717, 1.165) is 12.8 Å². The van der Waals surface area contributed by atoms with Crippen molar-refractivity contribution < 1.29 is 13.9 Å². The van der Waals surface area contributed by atoms with Gasteiger partial charge in [0.1, 0.15) is 11.4 Å². The summed E-state index contributed by atoms with van der Waals surface area (Å²) < 4.78 is 18.8. The van der Waals surface area contributed by atoms with Gasteiger partial charge < -0.3 is 10.1 Å². The topological polar surface area (TPSA) is 50.4 Å². The van der Waals surface area contributed by atoms with E-state index in [4.69, 9.17) is 4.74 Å². The number of anilines is 2. The van der Waals surface area contributed by atoms with Crippen molar-refractivity contribution in [1.82, 2.24) is 0 Å². The Labute approximate surface area is 131 Å². The third kappa shape index (κ3) is 4.90. The maximum atomic E-state index is 13.5. The highest BCUT2D eigenvalue weighted by molar-refractivity contribution is 5.89. The number of rotatable bonds is 3. The molecule has 0 aliphatic heterocycles. The quantitative estimate of drug-likeness (QED) is 0.845. The highest BCUT2D eigenvalue weighted by Crippen LogP contribution is 2.31. The van der Waals surface area contributed by atoms with Crippen molar-refractivity contribution in [3.63, 3.8) is 0 Å². The molecule has 0 spiro atoms. The van der Waals surface area contributed by atoms with Crippen LogP contribution in [0, 0.1) is 11.7 Å². The molecule has 0 aromatic heterocycles. The van der Waals surface area contributed by atoms with Crippen LogP contribution >= 0.6 is 0 Å². The van der Waals surface area contributed by atoms with E-state index in [1.54, 1.807) is 26.8 Å². The molecule has 1 amide bonds. The van der Waals surface area contributed by atoms with Gasteiger partial charge in [-0.25, -0.2) is 9.18 Å². The minimum absolute atomic E-state index is 0.316. The summed E-state index contributed by atoms with van der Waals surface area (Å²) in [6, 6.07) is 4.61. The Kier molecular flexibility index (Phi) is 4.94. The van der Waals surface area contributed by atoms with Gasteiger partial charge in [-0.05, 0) is 64.2 Å². The number of ether oxygens (including phenoxy) is 1. The summed E-state index contributed by atoms with van der Waals surface area (Å²) in [5.41, 5.74) is 0.568. The van der Waals surface area contributed by atoms with Gasteiger partial charge >= 0.3 is 6.09 Å². The van der Waals surface area contributed by atoms with E-state index < -0.39 is 11.7 Å². The average molecular weight is 308 g/mol. The fraction of sp³-hybridized carbons (Fsp3) is 0.588. The molecule has 0 heterocycles. The molecule has 1 aliphatic rings. The lowest BCUT2D eigenvalue weighted by Crippen LogP contribution is -2.27. The first-order valence-electron chi connectivity index (χ1n) is 7.79. The monoisotopic (exact) mass is 308 g/mol. The third-order valence-corrected chi connectivity index (χ3v) is 3.67. The van der Waals surface area contributed by atoms with Crippen molar-refractivity contribution in [2.75, 3.05) is 10.6 Å². The van der Waals surface area contributed by atoms with Crippen molar-refractivity contribution in [2.45, 2.75) is 58.6 Å².